The molecule has 11 heteroatoms. The summed E-state index contributed by atoms with van der Waals surface area (Å²) in [6.45, 7) is 3.71. The van der Waals surface area contributed by atoms with Gasteiger partial charge in [0.1, 0.15) is 0 Å². The van der Waals surface area contributed by atoms with E-state index in [1.165, 1.54) is 0 Å². The zero-order valence-electron chi connectivity index (χ0n) is 17.4. The molecule has 0 heterocycles. The highest BCUT2D eigenvalue weighted by Crippen LogP contribution is 1.92. The third kappa shape index (κ3) is 20.0. The second-order valence-electron chi connectivity index (χ2n) is 6.61. The summed E-state index contributed by atoms with van der Waals surface area (Å²) < 4.78 is 0. The zero-order chi connectivity index (χ0) is 21.7. The number of rotatable bonds is 17. The van der Waals surface area contributed by atoms with E-state index in [1.54, 1.807) is 0 Å². The maximum absolute atomic E-state index is 11.8. The summed E-state index contributed by atoms with van der Waals surface area (Å²) in [5, 5.41) is 8.89. The largest absolute Gasteiger partial charge is 0.370 e. The first-order chi connectivity index (χ1) is 14.0. The van der Waals surface area contributed by atoms with Crippen molar-refractivity contribution in [3.63, 3.8) is 0 Å². The molecule has 0 spiro atoms. The second kappa shape index (κ2) is 18.8. The molecule has 0 saturated heterocycles. The number of hydrogen-bond donors (Lipinski definition) is 7. The predicted molar refractivity (Wildman–Crippen MR) is 117 cm³/mol. The van der Waals surface area contributed by atoms with E-state index in [0.717, 1.165) is 32.2 Å². The summed E-state index contributed by atoms with van der Waals surface area (Å²) in [5.41, 5.74) is 21.9. The van der Waals surface area contributed by atoms with Gasteiger partial charge in [0.25, 0.3) is 0 Å². The number of carbonyl (C=O) groups excluding carboxylic acids is 2. The molecule has 0 radical (unpaired) electrons. The molecule has 0 aliphatic carbocycles. The summed E-state index contributed by atoms with van der Waals surface area (Å²) in [6, 6.07) is 0. The Bertz CT molecular complexity index is 510. The number of aliphatic imine (C=N–C) groups is 2. The Morgan fingerprint density at radius 3 is 1.66 bits per heavy atom. The number of primary amides is 1. The van der Waals surface area contributed by atoms with Gasteiger partial charge in [-0.3, -0.25) is 19.6 Å². The molecular formula is C18H39N9O2. The molecule has 11 nitrogen and oxygen atoms in total. The van der Waals surface area contributed by atoms with Crippen molar-refractivity contribution in [2.24, 2.45) is 32.9 Å². The van der Waals surface area contributed by atoms with Crippen molar-refractivity contribution in [1.82, 2.24) is 16.0 Å². The molecule has 0 atom stereocenters. The molecule has 0 aromatic rings. The first-order valence-electron chi connectivity index (χ1n) is 10.3. The fourth-order valence-electron chi connectivity index (χ4n) is 2.27. The molecule has 0 aliphatic rings. The summed E-state index contributed by atoms with van der Waals surface area (Å²) in [4.78, 5) is 30.6. The van der Waals surface area contributed by atoms with Gasteiger partial charge in [-0.2, -0.15) is 0 Å². The summed E-state index contributed by atoms with van der Waals surface area (Å²) in [7, 11) is 0. The van der Waals surface area contributed by atoms with Crippen molar-refractivity contribution in [2.75, 3.05) is 39.3 Å². The van der Waals surface area contributed by atoms with E-state index < -0.39 is 0 Å². The fraction of sp³-hybridized carbons (Fsp3) is 0.778. The van der Waals surface area contributed by atoms with E-state index in [1.807, 2.05) is 0 Å². The maximum Gasteiger partial charge on any atom is 0.220 e. The van der Waals surface area contributed by atoms with Crippen molar-refractivity contribution in [3.05, 3.63) is 0 Å². The predicted octanol–water partition coefficient (Wildman–Crippen LogP) is -1.52. The molecule has 0 bridgehead atoms. The second-order valence-corrected chi connectivity index (χ2v) is 6.61. The Labute approximate surface area is 173 Å². The van der Waals surface area contributed by atoms with E-state index in [4.69, 9.17) is 22.9 Å². The van der Waals surface area contributed by atoms with Crippen molar-refractivity contribution in [1.29, 1.82) is 0 Å². The van der Waals surface area contributed by atoms with Gasteiger partial charge in [-0.15, -0.1) is 0 Å². The maximum atomic E-state index is 11.8. The average molecular weight is 414 g/mol. The fourth-order valence-corrected chi connectivity index (χ4v) is 2.27. The Morgan fingerprint density at radius 2 is 1.14 bits per heavy atom. The third-order valence-corrected chi connectivity index (χ3v) is 3.88. The monoisotopic (exact) mass is 413 g/mol. The molecular weight excluding hydrogens is 374 g/mol. The van der Waals surface area contributed by atoms with E-state index in [2.05, 4.69) is 25.9 Å². The van der Waals surface area contributed by atoms with E-state index in [0.29, 0.717) is 70.3 Å². The average Bonchev–Trinajstić information content (AvgIpc) is 2.68. The Morgan fingerprint density at radius 1 is 0.655 bits per heavy atom. The smallest absolute Gasteiger partial charge is 0.220 e. The van der Waals surface area contributed by atoms with Crippen LogP contribution in [-0.2, 0) is 9.59 Å². The molecule has 0 fully saturated rings. The van der Waals surface area contributed by atoms with Crippen LogP contribution in [-0.4, -0.2) is 63.0 Å². The van der Waals surface area contributed by atoms with Crippen LogP contribution in [0.1, 0.15) is 51.4 Å². The lowest BCUT2D eigenvalue weighted by molar-refractivity contribution is -0.121. The van der Waals surface area contributed by atoms with Crippen LogP contribution in [0.3, 0.4) is 0 Å². The summed E-state index contributed by atoms with van der Waals surface area (Å²) in [6.07, 6.45) is 5.58. The quantitative estimate of drug-likeness (QED) is 0.0852. The number of carbonyl (C=O) groups is 2. The van der Waals surface area contributed by atoms with Crippen LogP contribution in [0.25, 0.3) is 0 Å². The van der Waals surface area contributed by atoms with Crippen LogP contribution in [0, 0.1) is 0 Å². The Hall–Kier alpha value is -2.56. The molecule has 0 aromatic carbocycles. The highest BCUT2D eigenvalue weighted by Gasteiger charge is 2.00. The highest BCUT2D eigenvalue weighted by molar-refractivity contribution is 5.78. The topological polar surface area (TPSA) is 199 Å². The molecule has 0 unspecified atom stereocenters. The Kier molecular flexibility index (Phi) is 17.1. The van der Waals surface area contributed by atoms with Gasteiger partial charge in [0, 0.05) is 45.6 Å². The standard InChI is InChI=1S/C18H39N9O2/c19-9-1-2-11-24-17(21)27-14-6-8-16(29)23-10-3-4-12-25-18(22)26-13-5-7-15(20)28/h1-14,19H2,(H2,20,28)(H,23,29)(H3,21,24,27)(H3,22,25,26). The van der Waals surface area contributed by atoms with Gasteiger partial charge in [-0.25, -0.2) is 0 Å². The number of nitrogens with one attached hydrogen (secondary N) is 3. The lowest BCUT2D eigenvalue weighted by Crippen LogP contribution is -2.33. The molecule has 2 amide bonds. The Balaban J connectivity index is 3.55. The van der Waals surface area contributed by atoms with Crippen molar-refractivity contribution >= 4 is 23.7 Å². The number of unbranched alkanes of at least 4 members (excludes halogenated alkanes) is 2. The van der Waals surface area contributed by atoms with E-state index in [9.17, 15) is 9.59 Å². The number of amides is 2. The lowest BCUT2D eigenvalue weighted by atomic mass is 10.2. The van der Waals surface area contributed by atoms with E-state index in [-0.39, 0.29) is 11.8 Å². The minimum Gasteiger partial charge on any atom is -0.370 e. The molecule has 0 aliphatic heterocycles. The van der Waals surface area contributed by atoms with Crippen LogP contribution >= 0.6 is 0 Å². The van der Waals surface area contributed by atoms with Crippen molar-refractivity contribution in [3.8, 4) is 0 Å². The number of hydrogen-bond acceptors (Lipinski definition) is 5. The summed E-state index contributed by atoms with van der Waals surface area (Å²) >= 11 is 0. The minimum absolute atomic E-state index is 0.0122. The first kappa shape index (κ1) is 26.4. The molecule has 168 valence electrons. The summed E-state index contributed by atoms with van der Waals surface area (Å²) in [5.74, 6) is 0.438. The van der Waals surface area contributed by atoms with Crippen LogP contribution in [0.15, 0.2) is 9.98 Å². The molecule has 29 heavy (non-hydrogen) atoms. The zero-order valence-corrected chi connectivity index (χ0v) is 17.4. The minimum atomic E-state index is -0.336. The first-order valence-corrected chi connectivity index (χ1v) is 10.3. The van der Waals surface area contributed by atoms with Crippen LogP contribution in [0.5, 0.6) is 0 Å². The molecule has 11 N–H and O–H groups in total. The normalized spacial score (nSPS) is 11.9. The molecule has 0 aromatic heterocycles. The van der Waals surface area contributed by atoms with Gasteiger partial charge < -0.3 is 38.9 Å². The van der Waals surface area contributed by atoms with Crippen molar-refractivity contribution < 1.29 is 9.59 Å². The number of nitrogens with zero attached hydrogens (tertiary/aromatic N) is 2. The van der Waals surface area contributed by atoms with Gasteiger partial charge in [0.2, 0.25) is 11.8 Å². The van der Waals surface area contributed by atoms with Crippen LogP contribution < -0.4 is 38.9 Å². The van der Waals surface area contributed by atoms with Crippen molar-refractivity contribution in [2.45, 2.75) is 51.4 Å². The van der Waals surface area contributed by atoms with Gasteiger partial charge >= 0.3 is 0 Å². The van der Waals surface area contributed by atoms with Crippen LogP contribution in [0.4, 0.5) is 0 Å². The van der Waals surface area contributed by atoms with Gasteiger partial charge in [-0.05, 0) is 45.1 Å². The SMILES string of the molecule is NCCCCNC(N)=NCCCC(=O)NCCCCNC(N)=NCCCC(N)=O. The highest BCUT2D eigenvalue weighted by atomic mass is 16.1. The molecule has 0 saturated carbocycles. The number of nitrogens with two attached hydrogens (primary N) is 4. The van der Waals surface area contributed by atoms with E-state index >= 15 is 0 Å². The lowest BCUT2D eigenvalue weighted by Gasteiger charge is -2.07. The number of guanidine groups is 2. The van der Waals surface area contributed by atoms with Crippen LogP contribution in [0.2, 0.25) is 0 Å². The van der Waals surface area contributed by atoms with Gasteiger partial charge in [-0.1, -0.05) is 0 Å². The third-order valence-electron chi connectivity index (χ3n) is 3.88. The van der Waals surface area contributed by atoms with Gasteiger partial charge in [0.15, 0.2) is 11.9 Å². The van der Waals surface area contributed by atoms with Gasteiger partial charge in [0.05, 0.1) is 0 Å². The molecule has 0 rings (SSSR count).